The monoisotopic (exact) mass is 309 g/mol. The highest BCUT2D eigenvalue weighted by Gasteiger charge is 2.59. The Morgan fingerprint density at radius 3 is 3.10 bits per heavy atom. The molecule has 4 nitrogen and oxygen atoms in total. The molecule has 2 fully saturated rings. The fourth-order valence-electron chi connectivity index (χ4n) is 3.74. The summed E-state index contributed by atoms with van der Waals surface area (Å²) in [6, 6.07) is 4.18. The minimum atomic E-state index is 0.121. The van der Waals surface area contributed by atoms with Crippen LogP contribution in [0.25, 0.3) is 11.0 Å². The third kappa shape index (κ3) is 1.63. The van der Waals surface area contributed by atoms with Crippen LogP contribution in [0.1, 0.15) is 20.3 Å². The Labute approximate surface area is 126 Å². The van der Waals surface area contributed by atoms with Gasteiger partial charge in [-0.05, 0) is 18.6 Å². The lowest BCUT2D eigenvalue weighted by molar-refractivity contribution is -0.0922. The van der Waals surface area contributed by atoms with Gasteiger partial charge in [0.25, 0.3) is 0 Å². The molecular weight excluding hydrogens is 294 g/mol. The largest absolute Gasteiger partial charge is 0.378 e. The molecule has 0 bridgehead atoms. The number of aromatic nitrogens is 2. The van der Waals surface area contributed by atoms with Crippen LogP contribution >= 0.6 is 23.3 Å². The highest BCUT2D eigenvalue weighted by molar-refractivity contribution is 7.00. The van der Waals surface area contributed by atoms with Gasteiger partial charge in [0.05, 0.1) is 28.5 Å². The van der Waals surface area contributed by atoms with E-state index < -0.39 is 0 Å². The molecule has 1 aliphatic heterocycles. The first-order valence-electron chi connectivity index (χ1n) is 6.88. The molecule has 0 spiro atoms. The average Bonchev–Trinajstić information content (AvgIpc) is 3.04. The summed E-state index contributed by atoms with van der Waals surface area (Å²) in [6.07, 6.45) is 1.49. The second-order valence-corrected chi connectivity index (χ2v) is 7.18. The number of benzene rings is 1. The molecule has 4 rings (SSSR count). The van der Waals surface area contributed by atoms with E-state index >= 15 is 0 Å². The number of hydrogen-bond acceptors (Lipinski definition) is 5. The fourth-order valence-corrected chi connectivity index (χ4v) is 4.49. The molecule has 1 saturated carbocycles. The summed E-state index contributed by atoms with van der Waals surface area (Å²) in [5.74, 6) is 0.572. The van der Waals surface area contributed by atoms with Crippen LogP contribution in [0.3, 0.4) is 0 Å². The highest BCUT2D eigenvalue weighted by Crippen LogP contribution is 2.53. The Kier molecular flexibility index (Phi) is 2.75. The molecule has 0 amide bonds. The summed E-state index contributed by atoms with van der Waals surface area (Å²) in [5, 5.41) is 4.34. The van der Waals surface area contributed by atoms with Crippen LogP contribution < -0.4 is 5.32 Å². The molecular formula is C14H16ClN3OS. The molecule has 6 heteroatoms. The Morgan fingerprint density at radius 2 is 2.25 bits per heavy atom. The normalized spacial score (nSPS) is 31.1. The maximum atomic E-state index is 6.36. The van der Waals surface area contributed by atoms with E-state index in [1.54, 1.807) is 0 Å². The van der Waals surface area contributed by atoms with Crippen molar-refractivity contribution in [3.05, 3.63) is 17.2 Å². The van der Waals surface area contributed by atoms with Gasteiger partial charge in [0.2, 0.25) is 0 Å². The zero-order valence-corrected chi connectivity index (χ0v) is 13.0. The van der Waals surface area contributed by atoms with E-state index in [2.05, 4.69) is 27.9 Å². The number of nitrogens with one attached hydrogen (secondary N) is 1. The molecule has 1 aromatic heterocycles. The van der Waals surface area contributed by atoms with Crippen molar-refractivity contribution in [2.24, 2.45) is 11.3 Å². The summed E-state index contributed by atoms with van der Waals surface area (Å²) < 4.78 is 14.5. The Balaban J connectivity index is 1.71. The van der Waals surface area contributed by atoms with Crippen molar-refractivity contribution in [3.8, 4) is 0 Å². The van der Waals surface area contributed by atoms with Gasteiger partial charge in [-0.25, -0.2) is 0 Å². The van der Waals surface area contributed by atoms with Crippen LogP contribution in [-0.2, 0) is 4.74 Å². The highest BCUT2D eigenvalue weighted by atomic mass is 35.5. The first-order chi connectivity index (χ1) is 9.59. The third-order valence-electron chi connectivity index (χ3n) is 4.78. The van der Waals surface area contributed by atoms with E-state index in [0.717, 1.165) is 29.7 Å². The molecule has 0 radical (unpaired) electrons. The molecule has 20 heavy (non-hydrogen) atoms. The molecule has 106 valence electrons. The lowest BCUT2D eigenvalue weighted by Gasteiger charge is -2.55. The second kappa shape index (κ2) is 4.29. The summed E-state index contributed by atoms with van der Waals surface area (Å²) in [4.78, 5) is 0. The predicted octanol–water partition coefficient (Wildman–Crippen LogP) is 3.57. The SMILES string of the molecule is CC1(C)C(Nc2c(Cl)ccc3nsnc23)C2CCOC21. The topological polar surface area (TPSA) is 47.0 Å². The van der Waals surface area contributed by atoms with Crippen LogP contribution in [0.2, 0.25) is 5.02 Å². The maximum Gasteiger partial charge on any atom is 0.129 e. The quantitative estimate of drug-likeness (QED) is 0.921. The number of rotatable bonds is 2. The molecule has 3 atom stereocenters. The van der Waals surface area contributed by atoms with Crippen molar-refractivity contribution in [1.29, 1.82) is 0 Å². The zero-order valence-electron chi connectivity index (χ0n) is 11.4. The Hall–Kier alpha value is -0.910. The van der Waals surface area contributed by atoms with E-state index in [9.17, 15) is 0 Å². The lowest BCUT2D eigenvalue weighted by atomic mass is 9.57. The Morgan fingerprint density at radius 1 is 1.40 bits per heavy atom. The van der Waals surface area contributed by atoms with Gasteiger partial charge in [-0.3, -0.25) is 0 Å². The van der Waals surface area contributed by atoms with Gasteiger partial charge >= 0.3 is 0 Å². The second-order valence-electron chi connectivity index (χ2n) is 6.24. The van der Waals surface area contributed by atoms with Gasteiger partial charge in [0.15, 0.2) is 0 Å². The number of nitrogens with zero attached hydrogens (tertiary/aromatic N) is 2. The van der Waals surface area contributed by atoms with Gasteiger partial charge in [-0.15, -0.1) is 0 Å². The van der Waals surface area contributed by atoms with E-state index in [0.29, 0.717) is 23.1 Å². The minimum Gasteiger partial charge on any atom is -0.378 e. The molecule has 1 N–H and O–H groups in total. The fraction of sp³-hybridized carbons (Fsp3) is 0.571. The van der Waals surface area contributed by atoms with E-state index in [-0.39, 0.29) is 5.41 Å². The molecule has 1 saturated heterocycles. The van der Waals surface area contributed by atoms with Gasteiger partial charge in [0, 0.05) is 24.0 Å². The molecule has 2 aliphatic rings. The Bertz CT molecular complexity index is 671. The van der Waals surface area contributed by atoms with Gasteiger partial charge in [-0.2, -0.15) is 8.75 Å². The van der Waals surface area contributed by atoms with Crippen molar-refractivity contribution < 1.29 is 4.74 Å². The molecule has 1 aliphatic carbocycles. The molecule has 2 heterocycles. The number of hydrogen-bond donors (Lipinski definition) is 1. The van der Waals surface area contributed by atoms with E-state index in [1.165, 1.54) is 11.7 Å². The van der Waals surface area contributed by atoms with E-state index in [1.807, 2.05) is 12.1 Å². The third-order valence-corrected chi connectivity index (χ3v) is 5.63. The van der Waals surface area contributed by atoms with Gasteiger partial charge in [0.1, 0.15) is 11.0 Å². The van der Waals surface area contributed by atoms with Crippen molar-refractivity contribution >= 4 is 40.0 Å². The van der Waals surface area contributed by atoms with Crippen molar-refractivity contribution in [2.75, 3.05) is 11.9 Å². The summed E-state index contributed by atoms with van der Waals surface area (Å²) in [7, 11) is 0. The van der Waals surface area contributed by atoms with Crippen LogP contribution in [0, 0.1) is 11.3 Å². The standard InChI is InChI=1S/C14H16ClN3OS/c1-14(2)12(7-5-6-19-13(7)14)16-10-8(15)3-4-9-11(10)18-20-17-9/h3-4,7,12-13,16H,5-6H2,1-2H3. The number of halogens is 1. The van der Waals surface area contributed by atoms with Crippen LogP contribution in [0.4, 0.5) is 5.69 Å². The van der Waals surface area contributed by atoms with Crippen molar-refractivity contribution in [2.45, 2.75) is 32.4 Å². The van der Waals surface area contributed by atoms with Crippen LogP contribution in [0.5, 0.6) is 0 Å². The molecule has 1 aromatic carbocycles. The van der Waals surface area contributed by atoms with Crippen molar-refractivity contribution in [1.82, 2.24) is 8.75 Å². The minimum absolute atomic E-state index is 0.121. The first-order valence-corrected chi connectivity index (χ1v) is 7.99. The van der Waals surface area contributed by atoms with Crippen LogP contribution in [0.15, 0.2) is 12.1 Å². The number of anilines is 1. The first kappa shape index (κ1) is 12.8. The van der Waals surface area contributed by atoms with Crippen LogP contribution in [-0.4, -0.2) is 27.5 Å². The maximum absolute atomic E-state index is 6.36. The zero-order chi connectivity index (χ0) is 13.9. The average molecular weight is 310 g/mol. The smallest absolute Gasteiger partial charge is 0.129 e. The van der Waals surface area contributed by atoms with E-state index in [4.69, 9.17) is 16.3 Å². The summed E-state index contributed by atoms with van der Waals surface area (Å²) >= 11 is 7.59. The number of ether oxygens (including phenoxy) is 1. The number of fused-ring (bicyclic) bond motifs is 2. The van der Waals surface area contributed by atoms with Crippen molar-refractivity contribution in [3.63, 3.8) is 0 Å². The predicted molar refractivity (Wildman–Crippen MR) is 81.5 cm³/mol. The van der Waals surface area contributed by atoms with Gasteiger partial charge in [-0.1, -0.05) is 25.4 Å². The summed E-state index contributed by atoms with van der Waals surface area (Å²) in [6.45, 7) is 5.38. The summed E-state index contributed by atoms with van der Waals surface area (Å²) in [5.41, 5.74) is 2.82. The molecule has 3 unspecified atom stereocenters. The van der Waals surface area contributed by atoms with Gasteiger partial charge < -0.3 is 10.1 Å². The molecule has 2 aromatic rings. The lowest BCUT2D eigenvalue weighted by Crippen LogP contribution is -2.63.